The topological polar surface area (TPSA) is 29.5 Å². The van der Waals surface area contributed by atoms with Gasteiger partial charge >= 0.3 is 0 Å². The fourth-order valence-electron chi connectivity index (χ4n) is 2.25. The van der Waals surface area contributed by atoms with Gasteiger partial charge in [-0.25, -0.2) is 13.2 Å². The summed E-state index contributed by atoms with van der Waals surface area (Å²) in [5.41, 5.74) is 0.277. The highest BCUT2D eigenvalue weighted by atomic mass is 19.2. The molecule has 1 fully saturated rings. The third kappa shape index (κ3) is 3.03. The van der Waals surface area contributed by atoms with Gasteiger partial charge in [-0.1, -0.05) is 0 Å². The molecule has 0 radical (unpaired) electrons. The van der Waals surface area contributed by atoms with Crippen LogP contribution in [0.1, 0.15) is 24.8 Å². The third-order valence-electron chi connectivity index (χ3n) is 3.28. The Morgan fingerprint density at radius 3 is 2.39 bits per heavy atom. The SMILES string of the molecule is OCC1CCC(OCc2cc(F)c(F)c(F)c2)C1. The molecule has 5 heteroatoms. The van der Waals surface area contributed by atoms with Crippen LogP contribution in [0.3, 0.4) is 0 Å². The Balaban J connectivity index is 1.91. The van der Waals surface area contributed by atoms with E-state index in [2.05, 4.69) is 0 Å². The van der Waals surface area contributed by atoms with Crippen LogP contribution in [0.5, 0.6) is 0 Å². The number of benzene rings is 1. The summed E-state index contributed by atoms with van der Waals surface area (Å²) in [4.78, 5) is 0. The summed E-state index contributed by atoms with van der Waals surface area (Å²) >= 11 is 0. The van der Waals surface area contributed by atoms with Crippen molar-refractivity contribution in [2.75, 3.05) is 6.61 Å². The average molecular weight is 260 g/mol. The Morgan fingerprint density at radius 2 is 1.83 bits per heavy atom. The predicted octanol–water partition coefficient (Wildman–Crippen LogP) is 2.78. The second-order valence-electron chi connectivity index (χ2n) is 4.67. The summed E-state index contributed by atoms with van der Waals surface area (Å²) in [6.07, 6.45) is 2.48. The number of halogens is 3. The summed E-state index contributed by atoms with van der Waals surface area (Å²) in [5.74, 6) is -3.61. The maximum absolute atomic E-state index is 13.0. The molecule has 0 aromatic heterocycles. The molecule has 0 bridgehead atoms. The van der Waals surface area contributed by atoms with Gasteiger partial charge in [-0.2, -0.15) is 0 Å². The number of aliphatic hydroxyl groups excluding tert-OH is 1. The highest BCUT2D eigenvalue weighted by Crippen LogP contribution is 2.28. The van der Waals surface area contributed by atoms with Gasteiger partial charge in [-0.3, -0.25) is 0 Å². The average Bonchev–Trinajstić information content (AvgIpc) is 2.81. The van der Waals surface area contributed by atoms with Gasteiger partial charge in [-0.15, -0.1) is 0 Å². The minimum Gasteiger partial charge on any atom is -0.396 e. The fourth-order valence-corrected chi connectivity index (χ4v) is 2.25. The number of rotatable bonds is 4. The molecule has 18 heavy (non-hydrogen) atoms. The van der Waals surface area contributed by atoms with E-state index in [-0.39, 0.29) is 30.8 Å². The molecular formula is C13H15F3O2. The third-order valence-corrected chi connectivity index (χ3v) is 3.28. The zero-order chi connectivity index (χ0) is 13.1. The van der Waals surface area contributed by atoms with E-state index in [0.29, 0.717) is 0 Å². The van der Waals surface area contributed by atoms with Gasteiger partial charge in [-0.05, 0) is 42.9 Å². The smallest absolute Gasteiger partial charge is 0.194 e. The molecule has 1 aromatic carbocycles. The van der Waals surface area contributed by atoms with Crippen molar-refractivity contribution in [1.29, 1.82) is 0 Å². The van der Waals surface area contributed by atoms with Crippen molar-refractivity contribution in [3.63, 3.8) is 0 Å². The van der Waals surface area contributed by atoms with Crippen molar-refractivity contribution in [3.05, 3.63) is 35.1 Å². The van der Waals surface area contributed by atoms with E-state index in [1.54, 1.807) is 0 Å². The molecule has 2 nitrogen and oxygen atoms in total. The lowest BCUT2D eigenvalue weighted by atomic mass is 10.1. The Bertz CT molecular complexity index is 400. The monoisotopic (exact) mass is 260 g/mol. The van der Waals surface area contributed by atoms with Crippen LogP contribution in [0.25, 0.3) is 0 Å². The zero-order valence-electron chi connectivity index (χ0n) is 9.83. The van der Waals surface area contributed by atoms with Crippen LogP contribution in [0, 0.1) is 23.4 Å². The molecule has 0 amide bonds. The summed E-state index contributed by atoms with van der Waals surface area (Å²) in [5, 5.41) is 8.98. The van der Waals surface area contributed by atoms with Gasteiger partial charge < -0.3 is 9.84 Å². The normalized spacial score (nSPS) is 23.6. The van der Waals surface area contributed by atoms with Crippen LogP contribution < -0.4 is 0 Å². The quantitative estimate of drug-likeness (QED) is 0.843. The van der Waals surface area contributed by atoms with E-state index in [9.17, 15) is 13.2 Å². The molecule has 1 N–H and O–H groups in total. The predicted molar refractivity (Wildman–Crippen MR) is 59.3 cm³/mol. The van der Waals surface area contributed by atoms with E-state index in [4.69, 9.17) is 9.84 Å². The first kappa shape index (κ1) is 13.4. The minimum absolute atomic E-state index is 0.00155. The summed E-state index contributed by atoms with van der Waals surface area (Å²) in [6.45, 7) is 0.191. The van der Waals surface area contributed by atoms with Crippen LogP contribution in [0.2, 0.25) is 0 Å². The highest BCUT2D eigenvalue weighted by molar-refractivity contribution is 5.18. The lowest BCUT2D eigenvalue weighted by Gasteiger charge is -2.12. The van der Waals surface area contributed by atoms with E-state index in [0.717, 1.165) is 31.4 Å². The van der Waals surface area contributed by atoms with Crippen molar-refractivity contribution in [2.24, 2.45) is 5.92 Å². The first-order valence-corrected chi connectivity index (χ1v) is 5.96. The summed E-state index contributed by atoms with van der Waals surface area (Å²) in [6, 6.07) is 1.88. The molecule has 100 valence electrons. The van der Waals surface area contributed by atoms with Crippen molar-refractivity contribution in [2.45, 2.75) is 32.0 Å². The zero-order valence-corrected chi connectivity index (χ0v) is 9.83. The van der Waals surface area contributed by atoms with Crippen molar-refractivity contribution >= 4 is 0 Å². The number of hydrogen-bond acceptors (Lipinski definition) is 2. The first-order valence-electron chi connectivity index (χ1n) is 5.96. The van der Waals surface area contributed by atoms with Gasteiger partial charge in [0.25, 0.3) is 0 Å². The van der Waals surface area contributed by atoms with Gasteiger partial charge in [0.1, 0.15) is 0 Å². The summed E-state index contributed by atoms with van der Waals surface area (Å²) in [7, 11) is 0. The number of hydrogen-bond donors (Lipinski definition) is 1. The fraction of sp³-hybridized carbons (Fsp3) is 0.538. The second-order valence-corrected chi connectivity index (χ2v) is 4.67. The van der Waals surface area contributed by atoms with Gasteiger partial charge in [0.2, 0.25) is 0 Å². The molecular weight excluding hydrogens is 245 g/mol. The molecule has 2 rings (SSSR count). The molecule has 2 atom stereocenters. The van der Waals surface area contributed by atoms with Crippen LogP contribution >= 0.6 is 0 Å². The molecule has 0 aliphatic heterocycles. The van der Waals surface area contributed by atoms with E-state index >= 15 is 0 Å². The van der Waals surface area contributed by atoms with Crippen molar-refractivity contribution < 1.29 is 23.0 Å². The summed E-state index contributed by atoms with van der Waals surface area (Å²) < 4.78 is 44.1. The van der Waals surface area contributed by atoms with Gasteiger partial charge in [0.05, 0.1) is 12.7 Å². The largest absolute Gasteiger partial charge is 0.396 e. The number of ether oxygens (including phenoxy) is 1. The van der Waals surface area contributed by atoms with Gasteiger partial charge in [0.15, 0.2) is 17.5 Å². The Labute approximate surface area is 103 Å². The van der Waals surface area contributed by atoms with Crippen LogP contribution in [-0.4, -0.2) is 17.8 Å². The van der Waals surface area contributed by atoms with Crippen LogP contribution in [0.15, 0.2) is 12.1 Å². The molecule has 0 saturated heterocycles. The maximum Gasteiger partial charge on any atom is 0.194 e. The van der Waals surface area contributed by atoms with E-state index < -0.39 is 17.5 Å². The molecule has 1 aromatic rings. The van der Waals surface area contributed by atoms with E-state index in [1.807, 2.05) is 0 Å². The van der Waals surface area contributed by atoms with Crippen LogP contribution in [0.4, 0.5) is 13.2 Å². The molecule has 1 saturated carbocycles. The Morgan fingerprint density at radius 1 is 1.17 bits per heavy atom. The standard InChI is InChI=1S/C13H15F3O2/c14-11-4-9(5-12(15)13(11)16)7-18-10-2-1-8(3-10)6-17/h4-5,8,10,17H,1-3,6-7H2. The molecule has 1 aliphatic carbocycles. The Kier molecular flexibility index (Phi) is 4.24. The lowest BCUT2D eigenvalue weighted by Crippen LogP contribution is -2.10. The van der Waals surface area contributed by atoms with Gasteiger partial charge in [0, 0.05) is 6.61 Å². The second kappa shape index (κ2) is 5.71. The van der Waals surface area contributed by atoms with Crippen molar-refractivity contribution in [3.8, 4) is 0 Å². The minimum atomic E-state index is -1.46. The molecule has 2 unspecified atom stereocenters. The Hall–Kier alpha value is -1.07. The molecule has 1 aliphatic rings. The molecule has 0 spiro atoms. The van der Waals surface area contributed by atoms with Crippen molar-refractivity contribution in [1.82, 2.24) is 0 Å². The molecule has 0 heterocycles. The number of aliphatic hydroxyl groups is 1. The van der Waals surface area contributed by atoms with Crippen LogP contribution in [-0.2, 0) is 11.3 Å². The lowest BCUT2D eigenvalue weighted by molar-refractivity contribution is 0.0404. The maximum atomic E-state index is 13.0. The first-order chi connectivity index (χ1) is 8.60. The highest BCUT2D eigenvalue weighted by Gasteiger charge is 2.24. The van der Waals surface area contributed by atoms with E-state index in [1.165, 1.54) is 0 Å².